The van der Waals surface area contributed by atoms with Gasteiger partial charge in [0, 0.05) is 38.4 Å². The molecule has 1 aromatic carbocycles. The number of carbonyl (C=O) groups is 1. The number of piperazine rings is 1. The van der Waals surface area contributed by atoms with Gasteiger partial charge in [-0.05, 0) is 24.3 Å². The smallest absolute Gasteiger partial charge is 0.291 e. The second kappa shape index (κ2) is 8.46. The van der Waals surface area contributed by atoms with Crippen LogP contribution in [0, 0.1) is 0 Å². The van der Waals surface area contributed by atoms with Crippen LogP contribution in [0.5, 0.6) is 0 Å². The second-order valence-electron chi connectivity index (χ2n) is 7.36. The van der Waals surface area contributed by atoms with Crippen molar-refractivity contribution in [2.24, 2.45) is 0 Å². The minimum Gasteiger partial charge on any atom is -0.451 e. The molecule has 3 aromatic heterocycles. The maximum absolute atomic E-state index is 12.5. The number of amides is 1. The van der Waals surface area contributed by atoms with E-state index in [4.69, 9.17) is 4.42 Å². The van der Waals surface area contributed by atoms with Gasteiger partial charge in [-0.15, -0.1) is 0 Å². The summed E-state index contributed by atoms with van der Waals surface area (Å²) < 4.78 is 5.57. The maximum atomic E-state index is 12.5. The van der Waals surface area contributed by atoms with Crippen LogP contribution < -0.4 is 20.5 Å². The highest BCUT2D eigenvalue weighted by atomic mass is 16.3. The van der Waals surface area contributed by atoms with Crippen LogP contribution in [0.2, 0.25) is 0 Å². The zero-order valence-electron chi connectivity index (χ0n) is 17.1. The average Bonchev–Trinajstić information content (AvgIpc) is 2.85. The van der Waals surface area contributed by atoms with Gasteiger partial charge in [-0.1, -0.05) is 18.2 Å². The van der Waals surface area contributed by atoms with Gasteiger partial charge in [-0.2, -0.15) is 0 Å². The molecule has 9 heteroatoms. The number of nitrogens with one attached hydrogen (secondary N) is 1. The van der Waals surface area contributed by atoms with E-state index in [9.17, 15) is 9.59 Å². The number of rotatable bonds is 4. The molecule has 0 spiro atoms. The van der Waals surface area contributed by atoms with Crippen molar-refractivity contribution in [3.8, 4) is 0 Å². The molecular formula is C23H20N6O3. The molecule has 160 valence electrons. The van der Waals surface area contributed by atoms with Crippen molar-refractivity contribution >= 4 is 34.3 Å². The maximum Gasteiger partial charge on any atom is 0.291 e. The molecule has 4 heterocycles. The van der Waals surface area contributed by atoms with Crippen molar-refractivity contribution in [2.75, 3.05) is 41.3 Å². The largest absolute Gasteiger partial charge is 0.451 e. The second-order valence-corrected chi connectivity index (χ2v) is 7.36. The lowest BCUT2D eigenvalue weighted by atomic mass is 10.2. The molecule has 0 atom stereocenters. The Kier molecular flexibility index (Phi) is 5.20. The molecule has 1 aliphatic heterocycles. The van der Waals surface area contributed by atoms with Gasteiger partial charge in [0.25, 0.3) is 5.91 Å². The van der Waals surface area contributed by atoms with Gasteiger partial charge < -0.3 is 19.5 Å². The van der Waals surface area contributed by atoms with Gasteiger partial charge in [-0.3, -0.25) is 9.59 Å². The van der Waals surface area contributed by atoms with E-state index in [0.717, 1.165) is 32.0 Å². The predicted octanol–water partition coefficient (Wildman–Crippen LogP) is 2.56. The molecule has 1 saturated heterocycles. The first-order valence-electron chi connectivity index (χ1n) is 10.2. The quantitative estimate of drug-likeness (QED) is 0.529. The normalized spacial score (nSPS) is 13.9. The van der Waals surface area contributed by atoms with Crippen molar-refractivity contribution in [3.63, 3.8) is 0 Å². The molecule has 5 rings (SSSR count). The van der Waals surface area contributed by atoms with E-state index in [1.807, 2.05) is 18.2 Å². The van der Waals surface area contributed by atoms with Gasteiger partial charge in [0.1, 0.15) is 11.4 Å². The van der Waals surface area contributed by atoms with E-state index in [-0.39, 0.29) is 11.2 Å². The van der Waals surface area contributed by atoms with Gasteiger partial charge >= 0.3 is 0 Å². The number of carbonyl (C=O) groups excluding carboxylic acids is 1. The summed E-state index contributed by atoms with van der Waals surface area (Å²) in [7, 11) is 0. The first-order valence-corrected chi connectivity index (χ1v) is 10.2. The molecule has 0 unspecified atom stereocenters. The summed E-state index contributed by atoms with van der Waals surface area (Å²) in [4.78, 5) is 42.2. The Hall–Kier alpha value is -4.27. The predicted molar refractivity (Wildman–Crippen MR) is 121 cm³/mol. The first-order chi connectivity index (χ1) is 15.7. The number of fused-ring (bicyclic) bond motifs is 1. The number of anilines is 3. The highest BCUT2D eigenvalue weighted by Gasteiger charge is 2.20. The Morgan fingerprint density at radius 2 is 1.62 bits per heavy atom. The molecule has 9 nitrogen and oxygen atoms in total. The Bertz CT molecular complexity index is 1300. The fraction of sp³-hybridized carbons (Fsp3) is 0.174. The molecule has 32 heavy (non-hydrogen) atoms. The number of aromatic nitrogens is 3. The Morgan fingerprint density at radius 1 is 0.906 bits per heavy atom. The highest BCUT2D eigenvalue weighted by molar-refractivity contribution is 6.02. The third kappa shape index (κ3) is 4.00. The molecular weight excluding hydrogens is 408 g/mol. The molecule has 0 aliphatic carbocycles. The number of para-hydroxylation sites is 1. The third-order valence-electron chi connectivity index (χ3n) is 5.29. The average molecular weight is 428 g/mol. The monoisotopic (exact) mass is 428 g/mol. The SMILES string of the molecule is O=C(Nc1cnc(N2CCN(c3ccccn3)CC2)nc1)c1cc(=O)c2ccccc2o1. The minimum atomic E-state index is -0.534. The van der Waals surface area contributed by atoms with Crippen molar-refractivity contribution in [3.05, 3.63) is 83.1 Å². The number of hydrogen-bond donors (Lipinski definition) is 1. The van der Waals surface area contributed by atoms with Gasteiger partial charge in [0.05, 0.1) is 23.5 Å². The molecule has 1 N–H and O–H groups in total. The number of pyridine rings is 1. The van der Waals surface area contributed by atoms with Crippen LogP contribution in [-0.2, 0) is 0 Å². The lowest BCUT2D eigenvalue weighted by molar-refractivity contribution is 0.0997. The van der Waals surface area contributed by atoms with Gasteiger partial charge in [0.15, 0.2) is 11.2 Å². The molecule has 4 aromatic rings. The van der Waals surface area contributed by atoms with E-state index < -0.39 is 5.91 Å². The Morgan fingerprint density at radius 3 is 2.38 bits per heavy atom. The zero-order valence-corrected chi connectivity index (χ0v) is 17.1. The fourth-order valence-electron chi connectivity index (χ4n) is 3.63. The molecule has 0 bridgehead atoms. The lowest BCUT2D eigenvalue weighted by Crippen LogP contribution is -2.47. The van der Waals surface area contributed by atoms with Crippen LogP contribution in [0.15, 0.2) is 76.3 Å². The van der Waals surface area contributed by atoms with E-state index >= 15 is 0 Å². The van der Waals surface area contributed by atoms with E-state index in [1.54, 1.807) is 42.9 Å². The van der Waals surface area contributed by atoms with E-state index in [1.165, 1.54) is 6.07 Å². The topological polar surface area (TPSA) is 104 Å². The number of hydrogen-bond acceptors (Lipinski definition) is 8. The highest BCUT2D eigenvalue weighted by Crippen LogP contribution is 2.17. The molecule has 1 amide bonds. The Balaban J connectivity index is 1.24. The standard InChI is InChI=1S/C23H20N6O3/c30-18-13-20(32-19-6-2-1-5-17(18)19)22(31)27-16-14-25-23(26-15-16)29-11-9-28(10-12-29)21-7-3-4-8-24-21/h1-8,13-15H,9-12H2,(H,27,31). The number of benzene rings is 1. The molecule has 0 saturated carbocycles. The van der Waals surface area contributed by atoms with Crippen molar-refractivity contribution in [1.82, 2.24) is 15.0 Å². The van der Waals surface area contributed by atoms with Crippen molar-refractivity contribution in [2.45, 2.75) is 0 Å². The van der Waals surface area contributed by atoms with Crippen LogP contribution in [-0.4, -0.2) is 47.0 Å². The van der Waals surface area contributed by atoms with Crippen molar-refractivity contribution in [1.29, 1.82) is 0 Å². The van der Waals surface area contributed by atoms with Gasteiger partial charge in [0.2, 0.25) is 5.95 Å². The number of nitrogens with zero attached hydrogens (tertiary/aromatic N) is 5. The summed E-state index contributed by atoms with van der Waals surface area (Å²) in [5.74, 6) is 0.962. The van der Waals surface area contributed by atoms with Crippen LogP contribution in [0.4, 0.5) is 17.5 Å². The fourth-order valence-corrected chi connectivity index (χ4v) is 3.63. The van der Waals surface area contributed by atoms with Crippen LogP contribution in [0.3, 0.4) is 0 Å². The Labute approximate surface area is 183 Å². The van der Waals surface area contributed by atoms with Crippen LogP contribution in [0.25, 0.3) is 11.0 Å². The summed E-state index contributed by atoms with van der Waals surface area (Å²) in [6, 6.07) is 13.9. The van der Waals surface area contributed by atoms with Gasteiger partial charge in [-0.25, -0.2) is 15.0 Å². The van der Waals surface area contributed by atoms with Crippen LogP contribution in [0.1, 0.15) is 10.6 Å². The van der Waals surface area contributed by atoms with Crippen LogP contribution >= 0.6 is 0 Å². The summed E-state index contributed by atoms with van der Waals surface area (Å²) >= 11 is 0. The zero-order chi connectivity index (χ0) is 21.9. The molecule has 1 aliphatic rings. The first kappa shape index (κ1) is 19.7. The summed E-state index contributed by atoms with van der Waals surface area (Å²) in [6.07, 6.45) is 4.88. The molecule has 0 radical (unpaired) electrons. The minimum absolute atomic E-state index is 0.0663. The van der Waals surface area contributed by atoms with E-state index in [0.29, 0.717) is 22.6 Å². The summed E-state index contributed by atoms with van der Waals surface area (Å²) in [6.45, 7) is 3.18. The summed E-state index contributed by atoms with van der Waals surface area (Å²) in [5.41, 5.74) is 0.511. The van der Waals surface area contributed by atoms with Crippen molar-refractivity contribution < 1.29 is 9.21 Å². The third-order valence-corrected chi connectivity index (χ3v) is 5.29. The lowest BCUT2D eigenvalue weighted by Gasteiger charge is -2.35. The van der Waals surface area contributed by atoms with E-state index in [2.05, 4.69) is 30.1 Å². The molecule has 1 fully saturated rings. The summed E-state index contributed by atoms with van der Waals surface area (Å²) in [5, 5.41) is 3.11.